The third kappa shape index (κ3) is 3.47. The minimum Gasteiger partial charge on any atom is -0.504 e. The maximum Gasteiger partial charge on any atom is 0.206 e. The van der Waals surface area contributed by atoms with Gasteiger partial charge in [-0.2, -0.15) is 5.10 Å². The first kappa shape index (κ1) is 16.2. The lowest BCUT2D eigenvalue weighted by atomic mass is 10.2. The second-order valence-electron chi connectivity index (χ2n) is 4.81. The predicted molar refractivity (Wildman–Crippen MR) is 99.0 cm³/mol. The topological polar surface area (TPSA) is 70.1 Å². The van der Waals surface area contributed by atoms with Gasteiger partial charge >= 0.3 is 0 Å². The summed E-state index contributed by atoms with van der Waals surface area (Å²) in [5.41, 5.74) is 1.63. The van der Waals surface area contributed by atoms with Crippen molar-refractivity contribution < 1.29 is 10.2 Å². The Morgan fingerprint density at radius 1 is 1.17 bits per heavy atom. The molecule has 0 saturated heterocycles. The van der Waals surface area contributed by atoms with Gasteiger partial charge in [-0.1, -0.05) is 12.1 Å². The number of thiazole rings is 1. The Labute approximate surface area is 146 Å². The Kier molecular flexibility index (Phi) is 4.93. The molecule has 0 atom stereocenters. The number of hydrogen-bond acceptors (Lipinski definition) is 6. The molecule has 3 rings (SSSR count). The second-order valence-corrected chi connectivity index (χ2v) is 6.60. The SMILES string of the molecule is C=CCN=c1scc(-c2cccs2)n1N=Cc1ccc(O)c(O)c1. The molecular formula is C17H15N3O2S2. The van der Waals surface area contributed by atoms with Crippen molar-refractivity contribution in [1.82, 2.24) is 4.68 Å². The molecule has 0 bridgehead atoms. The minimum absolute atomic E-state index is 0.156. The van der Waals surface area contributed by atoms with Gasteiger partial charge < -0.3 is 10.2 Å². The van der Waals surface area contributed by atoms with Gasteiger partial charge in [0.2, 0.25) is 4.80 Å². The Bertz CT molecular complexity index is 937. The number of nitrogens with zero attached hydrogens (tertiary/aromatic N) is 3. The molecule has 0 aliphatic carbocycles. The van der Waals surface area contributed by atoms with Crippen LogP contribution in [0.5, 0.6) is 11.5 Å². The summed E-state index contributed by atoms with van der Waals surface area (Å²) >= 11 is 3.14. The molecule has 3 aromatic rings. The number of aromatic nitrogens is 1. The largest absolute Gasteiger partial charge is 0.504 e. The van der Waals surface area contributed by atoms with E-state index in [1.807, 2.05) is 22.9 Å². The molecule has 0 unspecified atom stereocenters. The van der Waals surface area contributed by atoms with E-state index in [1.54, 1.807) is 34.4 Å². The van der Waals surface area contributed by atoms with Crippen LogP contribution in [0, 0.1) is 0 Å². The van der Waals surface area contributed by atoms with Crippen molar-refractivity contribution >= 4 is 28.9 Å². The summed E-state index contributed by atoms with van der Waals surface area (Å²) in [6.07, 6.45) is 3.35. The first-order valence-corrected chi connectivity index (χ1v) is 8.87. The van der Waals surface area contributed by atoms with Crippen LogP contribution in [0.2, 0.25) is 0 Å². The summed E-state index contributed by atoms with van der Waals surface area (Å²) in [6.45, 7) is 4.20. The maximum atomic E-state index is 9.59. The predicted octanol–water partition coefficient (Wildman–Crippen LogP) is 3.66. The van der Waals surface area contributed by atoms with Gasteiger partial charge in [0.1, 0.15) is 0 Å². The number of phenolic OH excluding ortho intramolecular Hbond substituents is 2. The molecular weight excluding hydrogens is 342 g/mol. The molecule has 0 amide bonds. The zero-order chi connectivity index (χ0) is 16.9. The number of rotatable bonds is 5. The van der Waals surface area contributed by atoms with Crippen molar-refractivity contribution in [2.75, 3.05) is 6.54 Å². The molecule has 122 valence electrons. The first-order valence-electron chi connectivity index (χ1n) is 7.11. The van der Waals surface area contributed by atoms with Gasteiger partial charge in [-0.3, -0.25) is 4.99 Å². The van der Waals surface area contributed by atoms with Gasteiger partial charge in [-0.05, 0) is 35.2 Å². The van der Waals surface area contributed by atoms with E-state index in [9.17, 15) is 10.2 Å². The highest BCUT2D eigenvalue weighted by atomic mass is 32.1. The molecule has 2 heterocycles. The molecule has 0 spiro atoms. The highest BCUT2D eigenvalue weighted by Crippen LogP contribution is 2.26. The van der Waals surface area contributed by atoms with Crippen molar-refractivity contribution in [3.05, 3.63) is 64.1 Å². The summed E-state index contributed by atoms with van der Waals surface area (Å²) in [5, 5.41) is 27.5. The zero-order valence-electron chi connectivity index (χ0n) is 12.7. The zero-order valence-corrected chi connectivity index (χ0v) is 14.3. The lowest BCUT2D eigenvalue weighted by Gasteiger charge is -2.02. The van der Waals surface area contributed by atoms with Gasteiger partial charge in [0, 0.05) is 5.38 Å². The molecule has 2 aromatic heterocycles. The number of phenols is 2. The number of aromatic hydroxyl groups is 2. The van der Waals surface area contributed by atoms with Crippen LogP contribution in [-0.2, 0) is 0 Å². The Balaban J connectivity index is 2.04. The van der Waals surface area contributed by atoms with E-state index in [-0.39, 0.29) is 11.5 Å². The van der Waals surface area contributed by atoms with Crippen LogP contribution in [-0.4, -0.2) is 27.6 Å². The fourth-order valence-electron chi connectivity index (χ4n) is 2.00. The maximum absolute atomic E-state index is 9.59. The van der Waals surface area contributed by atoms with Crippen LogP contribution in [0.25, 0.3) is 10.6 Å². The van der Waals surface area contributed by atoms with Gasteiger partial charge in [0.05, 0.1) is 23.3 Å². The first-order chi connectivity index (χ1) is 11.7. The van der Waals surface area contributed by atoms with Crippen molar-refractivity contribution in [3.8, 4) is 22.1 Å². The molecule has 0 aliphatic rings. The fraction of sp³-hybridized carbons (Fsp3) is 0.0588. The molecule has 0 aliphatic heterocycles. The van der Waals surface area contributed by atoms with Crippen molar-refractivity contribution in [2.45, 2.75) is 0 Å². The normalized spacial score (nSPS) is 12.1. The summed E-state index contributed by atoms with van der Waals surface area (Å²) < 4.78 is 1.77. The average Bonchev–Trinajstić information content (AvgIpc) is 3.23. The standard InChI is InChI=1S/C17H15N3O2S2/c1-2-7-18-17-20(13(11-24-17)16-4-3-8-23-16)19-10-12-5-6-14(21)15(22)9-12/h2-6,8-11,21-22H,1,7H2. The molecule has 24 heavy (non-hydrogen) atoms. The molecule has 0 saturated carbocycles. The van der Waals surface area contributed by atoms with E-state index in [0.717, 1.165) is 15.4 Å². The van der Waals surface area contributed by atoms with E-state index in [1.165, 1.54) is 23.5 Å². The lowest BCUT2D eigenvalue weighted by Crippen LogP contribution is -2.12. The highest BCUT2D eigenvalue weighted by Gasteiger charge is 2.08. The van der Waals surface area contributed by atoms with Gasteiger partial charge in [0.15, 0.2) is 11.5 Å². The molecule has 0 fully saturated rings. The number of benzene rings is 1. The Morgan fingerprint density at radius 3 is 2.75 bits per heavy atom. The molecule has 1 aromatic carbocycles. The van der Waals surface area contributed by atoms with E-state index in [4.69, 9.17) is 0 Å². The van der Waals surface area contributed by atoms with Gasteiger partial charge in [-0.25, -0.2) is 4.68 Å². The minimum atomic E-state index is -0.177. The second kappa shape index (κ2) is 7.29. The van der Waals surface area contributed by atoms with Crippen LogP contribution in [0.3, 0.4) is 0 Å². The van der Waals surface area contributed by atoms with Gasteiger partial charge in [0.25, 0.3) is 0 Å². The third-order valence-corrected chi connectivity index (χ3v) is 4.88. The summed E-state index contributed by atoms with van der Waals surface area (Å²) in [5.74, 6) is -0.333. The smallest absolute Gasteiger partial charge is 0.206 e. The van der Waals surface area contributed by atoms with Gasteiger partial charge in [-0.15, -0.1) is 29.3 Å². The molecule has 2 N–H and O–H groups in total. The van der Waals surface area contributed by atoms with E-state index >= 15 is 0 Å². The van der Waals surface area contributed by atoms with E-state index < -0.39 is 0 Å². The van der Waals surface area contributed by atoms with Crippen LogP contribution in [0.15, 0.2) is 63.8 Å². The monoisotopic (exact) mass is 357 g/mol. The summed E-state index contributed by atoms with van der Waals surface area (Å²) in [4.78, 5) is 6.32. The fourth-order valence-corrected chi connectivity index (χ4v) is 3.64. The molecule has 0 radical (unpaired) electrons. The lowest BCUT2D eigenvalue weighted by molar-refractivity contribution is 0.403. The highest BCUT2D eigenvalue weighted by molar-refractivity contribution is 7.14. The number of thiophene rings is 1. The average molecular weight is 357 g/mol. The van der Waals surface area contributed by atoms with Crippen molar-refractivity contribution in [1.29, 1.82) is 0 Å². The van der Waals surface area contributed by atoms with E-state index in [0.29, 0.717) is 12.1 Å². The van der Waals surface area contributed by atoms with Crippen LogP contribution < -0.4 is 4.80 Å². The van der Waals surface area contributed by atoms with E-state index in [2.05, 4.69) is 16.7 Å². The van der Waals surface area contributed by atoms with Crippen LogP contribution >= 0.6 is 22.7 Å². The molecule has 5 nitrogen and oxygen atoms in total. The Hall–Kier alpha value is -2.64. The van der Waals surface area contributed by atoms with Crippen LogP contribution in [0.1, 0.15) is 5.56 Å². The quantitative estimate of drug-likeness (QED) is 0.416. The van der Waals surface area contributed by atoms with Crippen molar-refractivity contribution in [2.24, 2.45) is 10.1 Å². The Morgan fingerprint density at radius 2 is 2.04 bits per heavy atom. The van der Waals surface area contributed by atoms with Crippen LogP contribution in [0.4, 0.5) is 0 Å². The summed E-state index contributed by atoms with van der Waals surface area (Å²) in [7, 11) is 0. The third-order valence-electron chi connectivity index (χ3n) is 3.14. The summed E-state index contributed by atoms with van der Waals surface area (Å²) in [6, 6.07) is 8.58. The number of hydrogen-bond donors (Lipinski definition) is 2. The molecule has 7 heteroatoms. The van der Waals surface area contributed by atoms with Crippen molar-refractivity contribution in [3.63, 3.8) is 0 Å².